The summed E-state index contributed by atoms with van der Waals surface area (Å²) in [6.45, 7) is 10.0. The molecule has 2 nitrogen and oxygen atoms in total. The van der Waals surface area contributed by atoms with Gasteiger partial charge >= 0.3 is 0 Å². The van der Waals surface area contributed by atoms with Crippen molar-refractivity contribution in [3.63, 3.8) is 0 Å². The molecule has 1 aromatic rings. The van der Waals surface area contributed by atoms with Crippen molar-refractivity contribution in [2.24, 2.45) is 0 Å². The lowest BCUT2D eigenvalue weighted by molar-refractivity contribution is 0.485. The Bertz CT molecular complexity index is 329. The normalized spacial score (nSPS) is 21.5. The summed E-state index contributed by atoms with van der Waals surface area (Å²) in [6.07, 6.45) is 0. The summed E-state index contributed by atoms with van der Waals surface area (Å²) in [6, 6.07) is 9.62. The molecular weight excluding hydrogens is 196 g/mol. The van der Waals surface area contributed by atoms with Gasteiger partial charge in [-0.15, -0.1) is 0 Å². The van der Waals surface area contributed by atoms with E-state index in [4.69, 9.17) is 0 Å². The van der Waals surface area contributed by atoms with Crippen molar-refractivity contribution >= 4 is 5.69 Å². The Balaban J connectivity index is 2.09. The highest BCUT2D eigenvalue weighted by Gasteiger charge is 2.15. The largest absolute Gasteiger partial charge is 0.369 e. The van der Waals surface area contributed by atoms with E-state index >= 15 is 0 Å². The van der Waals surface area contributed by atoms with E-state index in [2.05, 4.69) is 55.3 Å². The first-order valence-corrected chi connectivity index (χ1v) is 6.25. The van der Waals surface area contributed by atoms with Crippen LogP contribution in [-0.2, 0) is 0 Å². The molecule has 1 fully saturated rings. The highest BCUT2D eigenvalue weighted by Crippen LogP contribution is 2.20. The van der Waals surface area contributed by atoms with Crippen LogP contribution in [0.15, 0.2) is 24.3 Å². The van der Waals surface area contributed by atoms with Crippen LogP contribution in [0.4, 0.5) is 5.69 Å². The molecule has 0 radical (unpaired) electrons. The Morgan fingerprint density at radius 2 is 1.94 bits per heavy atom. The topological polar surface area (TPSA) is 15.3 Å². The fraction of sp³-hybridized carbons (Fsp3) is 0.571. The maximum Gasteiger partial charge on any atom is 0.0367 e. The first kappa shape index (κ1) is 11.5. The van der Waals surface area contributed by atoms with Gasteiger partial charge in [-0.3, -0.25) is 0 Å². The zero-order valence-corrected chi connectivity index (χ0v) is 10.5. The highest BCUT2D eigenvalue weighted by atomic mass is 15.2. The Kier molecular flexibility index (Phi) is 3.49. The molecule has 1 aliphatic heterocycles. The van der Waals surface area contributed by atoms with Gasteiger partial charge in [0.25, 0.3) is 0 Å². The average Bonchev–Trinajstić information content (AvgIpc) is 2.29. The second-order valence-electron chi connectivity index (χ2n) is 5.05. The monoisotopic (exact) mass is 218 g/mol. The maximum absolute atomic E-state index is 3.47. The Hall–Kier alpha value is -1.02. The first-order valence-electron chi connectivity index (χ1n) is 6.25. The molecule has 1 saturated heterocycles. The van der Waals surface area contributed by atoms with E-state index in [-0.39, 0.29) is 0 Å². The summed E-state index contributed by atoms with van der Waals surface area (Å²) in [5.74, 6) is 0.621. The number of piperazine rings is 1. The molecule has 1 N–H and O–H groups in total. The zero-order chi connectivity index (χ0) is 11.5. The second kappa shape index (κ2) is 4.88. The van der Waals surface area contributed by atoms with Gasteiger partial charge in [0, 0.05) is 31.4 Å². The first-order chi connectivity index (χ1) is 7.66. The fourth-order valence-corrected chi connectivity index (χ4v) is 2.24. The molecule has 2 rings (SSSR count). The van der Waals surface area contributed by atoms with Crippen LogP contribution in [-0.4, -0.2) is 25.7 Å². The Morgan fingerprint density at radius 3 is 2.50 bits per heavy atom. The number of nitrogens with one attached hydrogen (secondary N) is 1. The number of hydrogen-bond acceptors (Lipinski definition) is 2. The van der Waals surface area contributed by atoms with Gasteiger partial charge in [-0.1, -0.05) is 26.0 Å². The molecule has 1 atom stereocenters. The minimum absolute atomic E-state index is 0.596. The third-order valence-corrected chi connectivity index (χ3v) is 3.29. The molecule has 1 aromatic carbocycles. The minimum Gasteiger partial charge on any atom is -0.369 e. The lowest BCUT2D eigenvalue weighted by Gasteiger charge is -2.33. The van der Waals surface area contributed by atoms with Gasteiger partial charge in [0.1, 0.15) is 0 Å². The van der Waals surface area contributed by atoms with Crippen LogP contribution >= 0.6 is 0 Å². The van der Waals surface area contributed by atoms with Gasteiger partial charge in [-0.25, -0.2) is 0 Å². The van der Waals surface area contributed by atoms with Gasteiger partial charge in [0.2, 0.25) is 0 Å². The van der Waals surface area contributed by atoms with E-state index in [0.717, 1.165) is 19.6 Å². The molecule has 1 aliphatic rings. The van der Waals surface area contributed by atoms with Crippen LogP contribution in [0.3, 0.4) is 0 Å². The third kappa shape index (κ3) is 2.56. The second-order valence-corrected chi connectivity index (χ2v) is 5.05. The lowest BCUT2D eigenvalue weighted by Crippen LogP contribution is -2.49. The molecule has 0 saturated carbocycles. The van der Waals surface area contributed by atoms with Gasteiger partial charge in [0.05, 0.1) is 0 Å². The van der Waals surface area contributed by atoms with Crippen LogP contribution in [0.2, 0.25) is 0 Å². The van der Waals surface area contributed by atoms with Crippen molar-refractivity contribution < 1.29 is 0 Å². The molecule has 16 heavy (non-hydrogen) atoms. The molecule has 2 heteroatoms. The van der Waals surface area contributed by atoms with Crippen LogP contribution in [0.25, 0.3) is 0 Å². The van der Waals surface area contributed by atoms with Crippen LogP contribution in [0.1, 0.15) is 32.3 Å². The van der Waals surface area contributed by atoms with Crippen molar-refractivity contribution in [2.45, 2.75) is 32.7 Å². The summed E-state index contributed by atoms with van der Waals surface area (Å²) in [7, 11) is 0. The van der Waals surface area contributed by atoms with Crippen molar-refractivity contribution in [2.75, 3.05) is 24.5 Å². The molecule has 0 aromatic heterocycles. The van der Waals surface area contributed by atoms with E-state index in [0.29, 0.717) is 12.0 Å². The van der Waals surface area contributed by atoms with E-state index < -0.39 is 0 Å². The van der Waals surface area contributed by atoms with E-state index in [1.54, 1.807) is 0 Å². The third-order valence-electron chi connectivity index (χ3n) is 3.29. The van der Waals surface area contributed by atoms with E-state index in [1.165, 1.54) is 11.3 Å². The number of rotatable bonds is 2. The highest BCUT2D eigenvalue weighted by molar-refractivity contribution is 5.48. The molecule has 1 heterocycles. The number of anilines is 1. The maximum atomic E-state index is 3.47. The van der Waals surface area contributed by atoms with Gasteiger partial charge in [-0.2, -0.15) is 0 Å². The van der Waals surface area contributed by atoms with Gasteiger partial charge in [0.15, 0.2) is 0 Å². The standard InChI is InChI=1S/C14H22N2/c1-11(2)13-4-6-14(7-5-13)16-9-8-15-12(3)10-16/h4-7,11-12,15H,8-10H2,1-3H3/t12-/m0/s1. The van der Waals surface area contributed by atoms with E-state index in [9.17, 15) is 0 Å². The number of nitrogens with zero attached hydrogens (tertiary/aromatic N) is 1. The molecule has 0 bridgehead atoms. The SMILES string of the molecule is CC(C)c1ccc(N2CCN[C@@H](C)C2)cc1. The molecule has 0 aliphatic carbocycles. The average molecular weight is 218 g/mol. The van der Waals surface area contributed by atoms with Crippen molar-refractivity contribution in [3.05, 3.63) is 29.8 Å². The van der Waals surface area contributed by atoms with Crippen LogP contribution in [0.5, 0.6) is 0 Å². The Labute approximate surface area is 98.7 Å². The fourth-order valence-electron chi connectivity index (χ4n) is 2.24. The van der Waals surface area contributed by atoms with Crippen LogP contribution < -0.4 is 10.2 Å². The quantitative estimate of drug-likeness (QED) is 0.821. The summed E-state index contributed by atoms with van der Waals surface area (Å²) < 4.78 is 0. The van der Waals surface area contributed by atoms with Gasteiger partial charge in [-0.05, 0) is 30.5 Å². The van der Waals surface area contributed by atoms with E-state index in [1.807, 2.05) is 0 Å². The molecular formula is C14H22N2. The minimum atomic E-state index is 0.596. The van der Waals surface area contributed by atoms with Gasteiger partial charge < -0.3 is 10.2 Å². The lowest BCUT2D eigenvalue weighted by atomic mass is 10.0. The summed E-state index contributed by atoms with van der Waals surface area (Å²) in [5, 5.41) is 3.47. The number of hydrogen-bond donors (Lipinski definition) is 1. The van der Waals surface area contributed by atoms with Crippen molar-refractivity contribution in [3.8, 4) is 0 Å². The number of benzene rings is 1. The van der Waals surface area contributed by atoms with Crippen LogP contribution in [0, 0.1) is 0 Å². The zero-order valence-electron chi connectivity index (χ0n) is 10.5. The van der Waals surface area contributed by atoms with Crippen molar-refractivity contribution in [1.82, 2.24) is 5.32 Å². The smallest absolute Gasteiger partial charge is 0.0367 e. The predicted molar refractivity (Wildman–Crippen MR) is 70.2 cm³/mol. The predicted octanol–water partition coefficient (Wildman–Crippen LogP) is 2.61. The molecule has 0 unspecified atom stereocenters. The van der Waals surface area contributed by atoms with Crippen molar-refractivity contribution in [1.29, 1.82) is 0 Å². The molecule has 88 valence electrons. The molecule has 0 spiro atoms. The summed E-state index contributed by atoms with van der Waals surface area (Å²) >= 11 is 0. The molecule has 0 amide bonds. The summed E-state index contributed by atoms with van der Waals surface area (Å²) in [4.78, 5) is 2.46. The Morgan fingerprint density at radius 1 is 1.25 bits per heavy atom. The summed E-state index contributed by atoms with van der Waals surface area (Å²) in [5.41, 5.74) is 2.78.